The molecule has 2 fully saturated rings. The summed E-state index contributed by atoms with van der Waals surface area (Å²) in [5.74, 6) is 0. The van der Waals surface area contributed by atoms with Gasteiger partial charge in [-0.05, 0) is 43.5 Å². The van der Waals surface area contributed by atoms with Crippen LogP contribution in [0.25, 0.3) is 0 Å². The zero-order valence-corrected chi connectivity index (χ0v) is 12.0. The van der Waals surface area contributed by atoms with Gasteiger partial charge in [0.05, 0.1) is 19.3 Å². The molecule has 2 heterocycles. The number of anilines is 2. The van der Waals surface area contributed by atoms with E-state index in [-0.39, 0.29) is 0 Å². The second kappa shape index (κ2) is 6.95. The summed E-state index contributed by atoms with van der Waals surface area (Å²) in [5.41, 5.74) is 2.48. The van der Waals surface area contributed by atoms with E-state index in [2.05, 4.69) is 34.5 Å². The van der Waals surface area contributed by atoms with Crippen molar-refractivity contribution in [2.45, 2.75) is 25.4 Å². The molecule has 1 atom stereocenters. The van der Waals surface area contributed by atoms with E-state index < -0.39 is 0 Å². The topological polar surface area (TPSA) is 33.7 Å². The molecule has 1 N–H and O–H groups in total. The summed E-state index contributed by atoms with van der Waals surface area (Å²) in [6.07, 6.45) is 4.01. The highest BCUT2D eigenvalue weighted by molar-refractivity contribution is 5.55. The van der Waals surface area contributed by atoms with Gasteiger partial charge in [-0.1, -0.05) is 0 Å². The SMILES string of the molecule is c1cc(N2CCOCC2)ccc1NCCC1CCCO1. The predicted octanol–water partition coefficient (Wildman–Crippen LogP) is 2.50. The Hall–Kier alpha value is -1.26. The van der Waals surface area contributed by atoms with Crippen LogP contribution in [-0.2, 0) is 9.47 Å². The summed E-state index contributed by atoms with van der Waals surface area (Å²) in [7, 11) is 0. The van der Waals surface area contributed by atoms with Crippen LogP contribution in [0.2, 0.25) is 0 Å². The molecule has 1 aromatic carbocycles. The zero-order valence-electron chi connectivity index (χ0n) is 12.0. The van der Waals surface area contributed by atoms with Crippen molar-refractivity contribution in [2.75, 3.05) is 49.7 Å². The lowest BCUT2D eigenvalue weighted by atomic mass is 10.2. The minimum Gasteiger partial charge on any atom is -0.385 e. The van der Waals surface area contributed by atoms with Crippen LogP contribution in [0.4, 0.5) is 11.4 Å². The summed E-state index contributed by atoms with van der Waals surface area (Å²) >= 11 is 0. The van der Waals surface area contributed by atoms with Crippen molar-refractivity contribution in [3.05, 3.63) is 24.3 Å². The number of nitrogens with zero attached hydrogens (tertiary/aromatic N) is 1. The molecular formula is C16H24N2O2. The Balaban J connectivity index is 1.45. The van der Waals surface area contributed by atoms with Gasteiger partial charge in [0.1, 0.15) is 0 Å². The fraction of sp³-hybridized carbons (Fsp3) is 0.625. The molecule has 2 aliphatic rings. The van der Waals surface area contributed by atoms with E-state index in [0.29, 0.717) is 6.10 Å². The van der Waals surface area contributed by atoms with Crippen LogP contribution >= 0.6 is 0 Å². The van der Waals surface area contributed by atoms with Gasteiger partial charge in [0.2, 0.25) is 0 Å². The van der Waals surface area contributed by atoms with Crippen LogP contribution in [0.3, 0.4) is 0 Å². The molecule has 110 valence electrons. The molecule has 0 amide bonds. The summed E-state index contributed by atoms with van der Waals surface area (Å²) < 4.78 is 11.0. The van der Waals surface area contributed by atoms with Crippen molar-refractivity contribution in [3.8, 4) is 0 Å². The highest BCUT2D eigenvalue weighted by atomic mass is 16.5. The third-order valence-corrected chi connectivity index (χ3v) is 4.06. The fourth-order valence-electron chi connectivity index (χ4n) is 2.86. The van der Waals surface area contributed by atoms with E-state index in [4.69, 9.17) is 9.47 Å². The molecule has 0 spiro atoms. The Bertz CT molecular complexity index is 395. The summed E-state index contributed by atoms with van der Waals surface area (Å²) in [4.78, 5) is 2.37. The van der Waals surface area contributed by atoms with Gasteiger partial charge >= 0.3 is 0 Å². The molecule has 4 heteroatoms. The number of ether oxygens (including phenoxy) is 2. The lowest BCUT2D eigenvalue weighted by molar-refractivity contribution is 0.107. The highest BCUT2D eigenvalue weighted by Crippen LogP contribution is 2.20. The average Bonchev–Trinajstić information content (AvgIpc) is 3.02. The molecule has 4 nitrogen and oxygen atoms in total. The van der Waals surface area contributed by atoms with E-state index in [1.54, 1.807) is 0 Å². The van der Waals surface area contributed by atoms with Crippen molar-refractivity contribution >= 4 is 11.4 Å². The minimum absolute atomic E-state index is 0.468. The second-order valence-electron chi connectivity index (χ2n) is 5.50. The van der Waals surface area contributed by atoms with Gasteiger partial charge in [-0.15, -0.1) is 0 Å². The van der Waals surface area contributed by atoms with E-state index in [0.717, 1.165) is 45.9 Å². The summed E-state index contributed by atoms with van der Waals surface area (Å²) in [6, 6.07) is 8.72. The largest absolute Gasteiger partial charge is 0.385 e. The van der Waals surface area contributed by atoms with E-state index >= 15 is 0 Å². The number of benzene rings is 1. The summed E-state index contributed by atoms with van der Waals surface area (Å²) in [5, 5.41) is 3.48. The van der Waals surface area contributed by atoms with Crippen LogP contribution in [0.5, 0.6) is 0 Å². The lowest BCUT2D eigenvalue weighted by Crippen LogP contribution is -2.36. The maximum Gasteiger partial charge on any atom is 0.0642 e. The van der Waals surface area contributed by atoms with E-state index in [1.165, 1.54) is 24.2 Å². The first-order chi connectivity index (χ1) is 9.92. The lowest BCUT2D eigenvalue weighted by Gasteiger charge is -2.29. The van der Waals surface area contributed by atoms with Crippen molar-refractivity contribution < 1.29 is 9.47 Å². The monoisotopic (exact) mass is 276 g/mol. The number of hydrogen-bond donors (Lipinski definition) is 1. The first kappa shape index (κ1) is 13.7. The molecule has 1 unspecified atom stereocenters. The third-order valence-electron chi connectivity index (χ3n) is 4.06. The maximum absolute atomic E-state index is 5.63. The van der Waals surface area contributed by atoms with Crippen LogP contribution < -0.4 is 10.2 Å². The Morgan fingerprint density at radius 2 is 1.90 bits per heavy atom. The molecule has 2 saturated heterocycles. The molecule has 3 rings (SSSR count). The Morgan fingerprint density at radius 1 is 1.10 bits per heavy atom. The van der Waals surface area contributed by atoms with Crippen LogP contribution in [0, 0.1) is 0 Å². The number of hydrogen-bond acceptors (Lipinski definition) is 4. The zero-order chi connectivity index (χ0) is 13.6. The van der Waals surface area contributed by atoms with E-state index in [9.17, 15) is 0 Å². The molecule has 0 aromatic heterocycles. The van der Waals surface area contributed by atoms with Crippen molar-refractivity contribution in [3.63, 3.8) is 0 Å². The molecule has 1 aromatic rings. The summed E-state index contributed by atoms with van der Waals surface area (Å²) in [6.45, 7) is 5.58. The quantitative estimate of drug-likeness (QED) is 0.896. The molecule has 2 aliphatic heterocycles. The molecular weight excluding hydrogens is 252 g/mol. The molecule has 0 radical (unpaired) electrons. The standard InChI is InChI=1S/C16H24N2O2/c1-2-16(20-11-1)7-8-17-14-3-5-15(6-4-14)18-9-12-19-13-10-18/h3-6,16-17H,1-2,7-13H2. The fourth-order valence-corrected chi connectivity index (χ4v) is 2.86. The van der Waals surface area contributed by atoms with Crippen LogP contribution in [-0.4, -0.2) is 45.6 Å². The van der Waals surface area contributed by atoms with Gasteiger partial charge in [-0.2, -0.15) is 0 Å². The molecule has 0 aliphatic carbocycles. The first-order valence-corrected chi connectivity index (χ1v) is 7.70. The van der Waals surface area contributed by atoms with Gasteiger partial charge in [0.15, 0.2) is 0 Å². The predicted molar refractivity (Wildman–Crippen MR) is 81.6 cm³/mol. The van der Waals surface area contributed by atoms with Gasteiger partial charge in [0, 0.05) is 37.6 Å². The highest BCUT2D eigenvalue weighted by Gasteiger charge is 2.14. The smallest absolute Gasteiger partial charge is 0.0642 e. The average molecular weight is 276 g/mol. The minimum atomic E-state index is 0.468. The Kier molecular flexibility index (Phi) is 4.77. The number of nitrogens with one attached hydrogen (secondary N) is 1. The molecule has 20 heavy (non-hydrogen) atoms. The normalized spacial score (nSPS) is 23.0. The van der Waals surface area contributed by atoms with Gasteiger partial charge in [-0.3, -0.25) is 0 Å². The third kappa shape index (κ3) is 3.64. The second-order valence-corrected chi connectivity index (χ2v) is 5.50. The van der Waals surface area contributed by atoms with E-state index in [1.807, 2.05) is 0 Å². The van der Waals surface area contributed by atoms with Gasteiger partial charge in [-0.25, -0.2) is 0 Å². The van der Waals surface area contributed by atoms with Crippen molar-refractivity contribution in [2.24, 2.45) is 0 Å². The van der Waals surface area contributed by atoms with Crippen molar-refractivity contribution in [1.29, 1.82) is 0 Å². The van der Waals surface area contributed by atoms with Crippen molar-refractivity contribution in [1.82, 2.24) is 0 Å². The van der Waals surface area contributed by atoms with Gasteiger partial charge < -0.3 is 19.7 Å². The maximum atomic E-state index is 5.63. The van der Waals surface area contributed by atoms with Crippen LogP contribution in [0.15, 0.2) is 24.3 Å². The Labute approximate surface area is 121 Å². The molecule has 0 saturated carbocycles. The first-order valence-electron chi connectivity index (χ1n) is 7.70. The van der Waals surface area contributed by atoms with Gasteiger partial charge in [0.25, 0.3) is 0 Å². The number of rotatable bonds is 5. The molecule has 0 bridgehead atoms. The van der Waals surface area contributed by atoms with Crippen LogP contribution in [0.1, 0.15) is 19.3 Å². The Morgan fingerprint density at radius 3 is 2.60 bits per heavy atom. The number of morpholine rings is 1.